The van der Waals surface area contributed by atoms with Gasteiger partial charge in [0.1, 0.15) is 5.78 Å². The summed E-state index contributed by atoms with van der Waals surface area (Å²) in [4.78, 5) is 22.0. The second kappa shape index (κ2) is 4.91. The standard InChI is InChI=1S/C13H12O5/c1-8(14)4-10(13(15)16)5-9-2-3-11-12(6-9)18-7-17-11/h2-3,5-6H,4,7H2,1H3,(H,15,16). The van der Waals surface area contributed by atoms with Crippen LogP contribution in [0.5, 0.6) is 11.5 Å². The number of carboxylic acid groups (broad SMARTS) is 1. The predicted molar refractivity (Wildman–Crippen MR) is 63.5 cm³/mol. The number of carboxylic acids is 1. The zero-order valence-electron chi connectivity index (χ0n) is 9.80. The molecule has 0 saturated carbocycles. The predicted octanol–water partition coefficient (Wildman–Crippen LogP) is 1.86. The average molecular weight is 248 g/mol. The van der Waals surface area contributed by atoms with Crippen LogP contribution in [0.25, 0.3) is 6.08 Å². The van der Waals surface area contributed by atoms with Crippen molar-refractivity contribution >= 4 is 17.8 Å². The number of carbonyl (C=O) groups is 2. The molecule has 5 nitrogen and oxygen atoms in total. The van der Waals surface area contributed by atoms with E-state index < -0.39 is 5.97 Å². The van der Waals surface area contributed by atoms with Gasteiger partial charge < -0.3 is 14.6 Å². The summed E-state index contributed by atoms with van der Waals surface area (Å²) < 4.78 is 10.4. The molecule has 1 aliphatic rings. The third kappa shape index (κ3) is 2.68. The molecule has 1 heterocycles. The van der Waals surface area contributed by atoms with Crippen molar-refractivity contribution in [3.05, 3.63) is 29.3 Å². The highest BCUT2D eigenvalue weighted by molar-refractivity contribution is 5.98. The molecule has 1 aliphatic heterocycles. The summed E-state index contributed by atoms with van der Waals surface area (Å²) in [5.74, 6) is -0.0702. The maximum Gasteiger partial charge on any atom is 0.332 e. The number of carbonyl (C=O) groups excluding carboxylic acids is 1. The molecule has 1 N–H and O–H groups in total. The normalized spacial score (nSPS) is 13.5. The average Bonchev–Trinajstić information content (AvgIpc) is 2.74. The van der Waals surface area contributed by atoms with Gasteiger partial charge in [-0.3, -0.25) is 4.79 Å². The van der Waals surface area contributed by atoms with E-state index in [1.165, 1.54) is 13.0 Å². The number of aliphatic carboxylic acids is 1. The Balaban J connectivity index is 2.29. The van der Waals surface area contributed by atoms with Crippen LogP contribution in [-0.4, -0.2) is 23.7 Å². The lowest BCUT2D eigenvalue weighted by molar-refractivity contribution is -0.133. The summed E-state index contributed by atoms with van der Waals surface area (Å²) in [6.45, 7) is 1.53. The quantitative estimate of drug-likeness (QED) is 0.823. The molecule has 5 heteroatoms. The Morgan fingerprint density at radius 1 is 1.33 bits per heavy atom. The maximum absolute atomic E-state index is 11.0. The summed E-state index contributed by atoms with van der Waals surface area (Å²) in [7, 11) is 0. The summed E-state index contributed by atoms with van der Waals surface area (Å²) in [6.07, 6.45) is 1.37. The Morgan fingerprint density at radius 2 is 2.06 bits per heavy atom. The Labute approximate surface area is 104 Å². The molecule has 18 heavy (non-hydrogen) atoms. The van der Waals surface area contributed by atoms with E-state index in [0.717, 1.165) is 0 Å². The summed E-state index contributed by atoms with van der Waals surface area (Å²) in [5, 5.41) is 9.00. The van der Waals surface area contributed by atoms with Crippen molar-refractivity contribution in [1.29, 1.82) is 0 Å². The number of hydrogen-bond acceptors (Lipinski definition) is 4. The highest BCUT2D eigenvalue weighted by Crippen LogP contribution is 2.33. The van der Waals surface area contributed by atoms with Gasteiger partial charge in [0.25, 0.3) is 0 Å². The summed E-state index contributed by atoms with van der Waals surface area (Å²) >= 11 is 0. The van der Waals surface area contributed by atoms with E-state index in [1.807, 2.05) is 0 Å². The van der Waals surface area contributed by atoms with Crippen LogP contribution < -0.4 is 9.47 Å². The van der Waals surface area contributed by atoms with Crippen LogP contribution in [0.15, 0.2) is 23.8 Å². The van der Waals surface area contributed by atoms with E-state index in [0.29, 0.717) is 17.1 Å². The molecule has 94 valence electrons. The fourth-order valence-electron chi connectivity index (χ4n) is 1.66. The van der Waals surface area contributed by atoms with Crippen LogP contribution in [0.4, 0.5) is 0 Å². The molecule has 0 aliphatic carbocycles. The lowest BCUT2D eigenvalue weighted by atomic mass is 10.1. The second-order valence-electron chi connectivity index (χ2n) is 3.97. The first-order chi connectivity index (χ1) is 8.56. The molecule has 0 fully saturated rings. The van der Waals surface area contributed by atoms with E-state index in [4.69, 9.17) is 14.6 Å². The van der Waals surface area contributed by atoms with E-state index in [-0.39, 0.29) is 24.6 Å². The first-order valence-electron chi connectivity index (χ1n) is 5.39. The van der Waals surface area contributed by atoms with E-state index in [9.17, 15) is 9.59 Å². The van der Waals surface area contributed by atoms with Gasteiger partial charge in [-0.05, 0) is 30.7 Å². The highest BCUT2D eigenvalue weighted by Gasteiger charge is 2.14. The number of hydrogen-bond donors (Lipinski definition) is 1. The topological polar surface area (TPSA) is 72.8 Å². The van der Waals surface area contributed by atoms with Crippen molar-refractivity contribution in [1.82, 2.24) is 0 Å². The Kier molecular flexibility index (Phi) is 3.32. The second-order valence-corrected chi connectivity index (χ2v) is 3.97. The van der Waals surface area contributed by atoms with Gasteiger partial charge in [0, 0.05) is 12.0 Å². The summed E-state index contributed by atoms with van der Waals surface area (Å²) in [5.41, 5.74) is 0.722. The molecular formula is C13H12O5. The zero-order chi connectivity index (χ0) is 13.1. The van der Waals surface area contributed by atoms with Gasteiger partial charge in [0.2, 0.25) is 6.79 Å². The maximum atomic E-state index is 11.0. The fraction of sp³-hybridized carbons (Fsp3) is 0.231. The van der Waals surface area contributed by atoms with Crippen molar-refractivity contribution in [2.24, 2.45) is 0 Å². The molecule has 2 rings (SSSR count). The first kappa shape index (κ1) is 12.2. The number of fused-ring (bicyclic) bond motifs is 1. The van der Waals surface area contributed by atoms with Crippen molar-refractivity contribution in [2.75, 3.05) is 6.79 Å². The van der Waals surface area contributed by atoms with E-state index in [1.54, 1.807) is 18.2 Å². The van der Waals surface area contributed by atoms with Crippen molar-refractivity contribution in [3.63, 3.8) is 0 Å². The number of benzene rings is 1. The monoisotopic (exact) mass is 248 g/mol. The van der Waals surface area contributed by atoms with Gasteiger partial charge in [-0.15, -0.1) is 0 Å². The van der Waals surface area contributed by atoms with E-state index in [2.05, 4.69) is 0 Å². The number of Topliss-reactive ketones (excluding diaryl/α,β-unsaturated/α-hetero) is 1. The molecule has 0 saturated heterocycles. The van der Waals surface area contributed by atoms with Gasteiger partial charge >= 0.3 is 5.97 Å². The third-order valence-corrected chi connectivity index (χ3v) is 2.45. The van der Waals surface area contributed by atoms with Gasteiger partial charge in [-0.25, -0.2) is 4.79 Å². The molecule has 0 atom stereocenters. The smallest absolute Gasteiger partial charge is 0.332 e. The molecule has 0 amide bonds. The minimum Gasteiger partial charge on any atom is -0.478 e. The first-order valence-corrected chi connectivity index (χ1v) is 5.39. The molecule has 0 spiro atoms. The number of ketones is 1. The van der Waals surface area contributed by atoms with Gasteiger partial charge in [-0.1, -0.05) is 6.07 Å². The lowest BCUT2D eigenvalue weighted by Crippen LogP contribution is -2.04. The van der Waals surface area contributed by atoms with Crippen molar-refractivity contribution in [3.8, 4) is 11.5 Å². The SMILES string of the molecule is CC(=O)CC(=Cc1ccc2c(c1)OCO2)C(=O)O. The largest absolute Gasteiger partial charge is 0.478 e. The Bertz CT molecular complexity index is 530. The molecule has 0 aromatic heterocycles. The molecule has 1 aromatic carbocycles. The van der Waals surface area contributed by atoms with Gasteiger partial charge in [0.15, 0.2) is 11.5 Å². The molecular weight excluding hydrogens is 236 g/mol. The van der Waals surface area contributed by atoms with Crippen molar-refractivity contribution in [2.45, 2.75) is 13.3 Å². The fourth-order valence-corrected chi connectivity index (χ4v) is 1.66. The molecule has 0 radical (unpaired) electrons. The Morgan fingerprint density at radius 3 is 2.72 bits per heavy atom. The summed E-state index contributed by atoms with van der Waals surface area (Å²) in [6, 6.07) is 5.11. The van der Waals surface area contributed by atoms with Crippen LogP contribution in [0, 0.1) is 0 Å². The lowest BCUT2D eigenvalue weighted by Gasteiger charge is -2.01. The Hall–Kier alpha value is -2.30. The van der Waals surface area contributed by atoms with Crippen LogP contribution in [0.2, 0.25) is 0 Å². The molecule has 1 aromatic rings. The highest BCUT2D eigenvalue weighted by atomic mass is 16.7. The van der Waals surface area contributed by atoms with Gasteiger partial charge in [0.05, 0.1) is 0 Å². The number of ether oxygens (including phenoxy) is 2. The van der Waals surface area contributed by atoms with E-state index >= 15 is 0 Å². The van der Waals surface area contributed by atoms with Crippen LogP contribution >= 0.6 is 0 Å². The minimum atomic E-state index is -1.09. The van der Waals surface area contributed by atoms with Gasteiger partial charge in [-0.2, -0.15) is 0 Å². The van der Waals surface area contributed by atoms with Crippen LogP contribution in [-0.2, 0) is 9.59 Å². The van der Waals surface area contributed by atoms with Crippen molar-refractivity contribution < 1.29 is 24.2 Å². The number of rotatable bonds is 4. The molecule has 0 bridgehead atoms. The third-order valence-electron chi connectivity index (χ3n) is 2.45. The van der Waals surface area contributed by atoms with Crippen LogP contribution in [0.1, 0.15) is 18.9 Å². The molecule has 0 unspecified atom stereocenters. The zero-order valence-corrected chi connectivity index (χ0v) is 9.80. The van der Waals surface area contributed by atoms with Crippen LogP contribution in [0.3, 0.4) is 0 Å². The minimum absolute atomic E-state index is 0.0568.